The summed E-state index contributed by atoms with van der Waals surface area (Å²) in [7, 11) is 0. The van der Waals surface area contributed by atoms with E-state index < -0.39 is 0 Å². The number of esters is 1. The molecule has 0 aromatic heterocycles. The van der Waals surface area contributed by atoms with Gasteiger partial charge in [-0.2, -0.15) is 0 Å². The molecule has 3 saturated carbocycles. The monoisotopic (exact) mass is 465 g/mol. The zero-order valence-corrected chi connectivity index (χ0v) is 21.5. The minimum atomic E-state index is -0.134. The largest absolute Gasteiger partial charge is 0.462 e. The topological polar surface area (TPSA) is 38.7 Å². The van der Waals surface area contributed by atoms with Gasteiger partial charge in [-0.1, -0.05) is 43.7 Å². The van der Waals surface area contributed by atoms with Gasteiger partial charge in [-0.05, 0) is 92.6 Å². The van der Waals surface area contributed by atoms with E-state index >= 15 is 0 Å². The first kappa shape index (κ1) is 23.2. The van der Waals surface area contributed by atoms with E-state index in [-0.39, 0.29) is 12.1 Å². The smallest absolute Gasteiger partial charge is 0.302 e. The van der Waals surface area contributed by atoms with Crippen molar-refractivity contribution in [2.45, 2.75) is 90.1 Å². The van der Waals surface area contributed by atoms with Crippen LogP contribution in [-0.2, 0) is 9.53 Å². The van der Waals surface area contributed by atoms with Gasteiger partial charge in [-0.25, -0.2) is 4.40 Å². The first-order valence-corrected chi connectivity index (χ1v) is 13.7. The number of carbonyl (C=O) groups is 1. The quantitative estimate of drug-likeness (QED) is 0.198. The second-order valence-electron chi connectivity index (χ2n) is 11.5. The molecule has 0 aliphatic heterocycles. The molecule has 0 heterocycles. The number of hydrogen-bond donors (Lipinski definition) is 0. The van der Waals surface area contributed by atoms with Crippen LogP contribution in [0.25, 0.3) is 0 Å². The van der Waals surface area contributed by atoms with E-state index in [1.54, 1.807) is 24.4 Å². The van der Waals surface area contributed by atoms with Crippen molar-refractivity contribution in [2.24, 2.45) is 38.9 Å². The lowest BCUT2D eigenvalue weighted by Crippen LogP contribution is -2.51. The van der Waals surface area contributed by atoms with Gasteiger partial charge in [0.1, 0.15) is 6.10 Å². The summed E-state index contributed by atoms with van der Waals surface area (Å²) in [4.78, 5) is 12.7. The maximum absolute atomic E-state index is 11.5. The zero-order valence-electron chi connectivity index (χ0n) is 20.7. The van der Waals surface area contributed by atoms with Crippen molar-refractivity contribution >= 4 is 23.6 Å². The highest BCUT2D eigenvalue weighted by Crippen LogP contribution is 2.66. The molecule has 0 saturated heterocycles. The molecule has 4 aliphatic rings. The molecule has 7 atom stereocenters. The molecule has 0 N–H and O–H groups in total. The van der Waals surface area contributed by atoms with E-state index in [2.05, 4.69) is 57.2 Å². The first-order valence-electron chi connectivity index (χ1n) is 12.9. The highest BCUT2D eigenvalue weighted by atomic mass is 32.2. The Bertz CT molecular complexity index is 956. The molecule has 4 heteroatoms. The number of nitrogens with zero attached hydrogens (tertiary/aromatic N) is 1. The van der Waals surface area contributed by atoms with Gasteiger partial charge in [0.25, 0.3) is 0 Å². The van der Waals surface area contributed by atoms with Crippen LogP contribution < -0.4 is 0 Å². The molecule has 178 valence electrons. The molecule has 0 unspecified atom stereocenters. The summed E-state index contributed by atoms with van der Waals surface area (Å²) >= 11 is 1.64. The lowest BCUT2D eigenvalue weighted by atomic mass is 9.47. The van der Waals surface area contributed by atoms with Gasteiger partial charge >= 0.3 is 5.97 Å². The molecule has 3 fully saturated rings. The van der Waals surface area contributed by atoms with Crippen LogP contribution in [-0.4, -0.2) is 17.8 Å². The molecule has 1 aromatic rings. The summed E-state index contributed by atoms with van der Waals surface area (Å²) in [5.41, 5.74) is 3.59. The van der Waals surface area contributed by atoms with Gasteiger partial charge < -0.3 is 4.74 Å². The van der Waals surface area contributed by atoms with Crippen LogP contribution in [0, 0.1) is 34.5 Å². The number of benzene rings is 1. The minimum absolute atomic E-state index is 0.0871. The number of hydrogen-bond acceptors (Lipinski definition) is 4. The van der Waals surface area contributed by atoms with Gasteiger partial charge in [0.2, 0.25) is 0 Å². The van der Waals surface area contributed by atoms with E-state index in [1.807, 2.05) is 0 Å². The van der Waals surface area contributed by atoms with Gasteiger partial charge in [0.15, 0.2) is 0 Å². The molecule has 33 heavy (non-hydrogen) atoms. The Morgan fingerprint density at radius 2 is 1.82 bits per heavy atom. The van der Waals surface area contributed by atoms with Gasteiger partial charge in [0, 0.05) is 41.8 Å². The fourth-order valence-corrected chi connectivity index (χ4v) is 8.97. The Kier molecular flexibility index (Phi) is 6.26. The Morgan fingerprint density at radius 3 is 2.58 bits per heavy atom. The lowest BCUT2D eigenvalue weighted by molar-refractivity contribution is -0.148. The number of ether oxygens (including phenoxy) is 1. The third kappa shape index (κ3) is 4.11. The molecule has 0 amide bonds. The average molecular weight is 466 g/mol. The molecule has 0 spiro atoms. The van der Waals surface area contributed by atoms with Crippen LogP contribution in [0.1, 0.15) is 79.1 Å². The predicted octanol–water partition coefficient (Wildman–Crippen LogP) is 7.67. The van der Waals surface area contributed by atoms with Crippen molar-refractivity contribution < 1.29 is 9.53 Å². The Balaban J connectivity index is 1.33. The molecular weight excluding hydrogens is 426 g/mol. The maximum atomic E-state index is 11.5. The van der Waals surface area contributed by atoms with Crippen molar-refractivity contribution in [1.29, 1.82) is 0 Å². The maximum Gasteiger partial charge on any atom is 0.302 e. The van der Waals surface area contributed by atoms with Crippen molar-refractivity contribution in [3.05, 3.63) is 42.0 Å². The number of allylic oxidation sites excluding steroid dienone is 1. The number of fused-ring (bicyclic) bond motifs is 5. The highest BCUT2D eigenvalue weighted by Gasteiger charge is 2.59. The Morgan fingerprint density at radius 1 is 1.03 bits per heavy atom. The van der Waals surface area contributed by atoms with Gasteiger partial charge in [-0.3, -0.25) is 4.79 Å². The molecule has 0 radical (unpaired) electrons. The van der Waals surface area contributed by atoms with Crippen LogP contribution >= 0.6 is 11.9 Å². The zero-order chi connectivity index (χ0) is 23.2. The third-order valence-electron chi connectivity index (χ3n) is 9.93. The Labute approximate surface area is 204 Å². The van der Waals surface area contributed by atoms with Gasteiger partial charge in [-0.15, -0.1) is 0 Å². The summed E-state index contributed by atoms with van der Waals surface area (Å²) < 4.78 is 10.6. The molecule has 3 nitrogen and oxygen atoms in total. The molecule has 1 aromatic carbocycles. The molecule has 0 bridgehead atoms. The van der Waals surface area contributed by atoms with E-state index in [9.17, 15) is 4.79 Å². The van der Waals surface area contributed by atoms with Crippen LogP contribution in [0.4, 0.5) is 0 Å². The average Bonchev–Trinajstić information content (AvgIpc) is 3.15. The number of rotatable bonds is 4. The van der Waals surface area contributed by atoms with Crippen molar-refractivity contribution in [3.8, 4) is 0 Å². The SMILES string of the molecule is CC(=O)O[C@H]1CC[C@@]2(C)C(=CC[C@H]3[C@@H]4CC[C@H](/C(C)=N/Sc5ccccc5)[C@@]4(C)CC[C@@H]32)C1. The van der Waals surface area contributed by atoms with E-state index in [0.29, 0.717) is 16.7 Å². The minimum Gasteiger partial charge on any atom is -0.462 e. The van der Waals surface area contributed by atoms with E-state index in [0.717, 1.165) is 30.6 Å². The van der Waals surface area contributed by atoms with E-state index in [4.69, 9.17) is 9.13 Å². The van der Waals surface area contributed by atoms with Crippen LogP contribution in [0.15, 0.2) is 51.3 Å². The first-order chi connectivity index (χ1) is 15.8. The second-order valence-corrected chi connectivity index (χ2v) is 12.4. The molecular formula is C29H39NO2S. The summed E-state index contributed by atoms with van der Waals surface area (Å²) in [6.07, 6.45) is 12.3. The van der Waals surface area contributed by atoms with Gasteiger partial charge in [0.05, 0.1) is 0 Å². The molecule has 4 aliphatic carbocycles. The van der Waals surface area contributed by atoms with Crippen molar-refractivity contribution in [3.63, 3.8) is 0 Å². The van der Waals surface area contributed by atoms with E-state index in [1.165, 1.54) is 49.1 Å². The fourth-order valence-electron chi connectivity index (χ4n) is 8.32. The standard InChI is InChI=1S/C29H39NO2S/c1-19(30-33-23-8-6-5-7-9-23)25-12-13-26-24-11-10-21-18-22(32-20(2)31)14-16-28(21,3)27(24)15-17-29(25,26)4/h5-10,22,24-27H,11-18H2,1-4H3/b30-19+/t22-,24-,25+,26-,27-,28-,29+/m0/s1. The highest BCUT2D eigenvalue weighted by molar-refractivity contribution is 7.98. The summed E-state index contributed by atoms with van der Waals surface area (Å²) in [6.45, 7) is 8.92. The van der Waals surface area contributed by atoms with Crippen molar-refractivity contribution in [1.82, 2.24) is 0 Å². The number of carbonyl (C=O) groups excluding carboxylic acids is 1. The lowest BCUT2D eigenvalue weighted by Gasteiger charge is -2.58. The summed E-state index contributed by atoms with van der Waals surface area (Å²) in [5.74, 6) is 2.85. The van der Waals surface area contributed by atoms with Crippen molar-refractivity contribution in [2.75, 3.05) is 0 Å². The van der Waals surface area contributed by atoms with Crippen LogP contribution in [0.5, 0.6) is 0 Å². The Hall–Kier alpha value is -1.55. The van der Waals surface area contributed by atoms with Crippen LogP contribution in [0.3, 0.4) is 0 Å². The summed E-state index contributed by atoms with van der Waals surface area (Å²) in [6, 6.07) is 10.5. The fraction of sp³-hybridized carbons (Fsp3) is 0.655. The molecule has 5 rings (SSSR count). The predicted molar refractivity (Wildman–Crippen MR) is 136 cm³/mol. The summed E-state index contributed by atoms with van der Waals surface area (Å²) in [5, 5.41) is 0. The second kappa shape index (κ2) is 8.91. The third-order valence-corrected chi connectivity index (χ3v) is 10.8. The normalized spacial score (nSPS) is 40.3. The van der Waals surface area contributed by atoms with Crippen LogP contribution in [0.2, 0.25) is 0 Å².